The fraction of sp³-hybridized carbons (Fsp3) is 0.972. The first-order valence-corrected chi connectivity index (χ1v) is 17.7. The van der Waals surface area contributed by atoms with Crippen molar-refractivity contribution in [3.63, 3.8) is 0 Å². The number of hydrogen-bond acceptors (Lipinski definition) is 0. The van der Waals surface area contributed by atoms with Crippen LogP contribution in [0.15, 0.2) is 0 Å². The van der Waals surface area contributed by atoms with Crippen LogP contribution in [0.2, 0.25) is 0 Å². The van der Waals surface area contributed by atoms with Crippen LogP contribution in [0.4, 0.5) is 0 Å². The maximum Gasteiger partial charge on any atom is -0.0241 e. The topological polar surface area (TPSA) is 0 Å². The van der Waals surface area contributed by atoms with E-state index in [9.17, 15) is 0 Å². The number of hydrogen-bond donors (Lipinski definition) is 0. The zero-order chi connectivity index (χ0) is 26.2. The molecule has 1 radical (unpaired) electrons. The molecule has 0 aliphatic carbocycles. The van der Waals surface area contributed by atoms with Gasteiger partial charge in [0.25, 0.3) is 0 Å². The van der Waals surface area contributed by atoms with E-state index in [-0.39, 0.29) is 0 Å². The molecular weight excluding hydrogens is 432 g/mol. The number of unbranched alkanes of at least 4 members (excludes halogenated alkanes) is 26. The molecule has 0 nitrogen and oxygen atoms in total. The molecular formula is C36H73. The molecule has 0 saturated carbocycles. The summed E-state index contributed by atoms with van der Waals surface area (Å²) in [5, 5.41) is 0. The molecule has 0 atom stereocenters. The predicted molar refractivity (Wildman–Crippen MR) is 168 cm³/mol. The molecule has 0 N–H and O–H groups in total. The van der Waals surface area contributed by atoms with Gasteiger partial charge in [0.15, 0.2) is 0 Å². The van der Waals surface area contributed by atoms with Crippen molar-refractivity contribution in [3.05, 3.63) is 5.92 Å². The lowest BCUT2D eigenvalue weighted by atomic mass is 9.89. The van der Waals surface area contributed by atoms with Crippen molar-refractivity contribution >= 4 is 0 Å². The maximum atomic E-state index is 2.32. The lowest BCUT2D eigenvalue weighted by molar-refractivity contribution is 0.502. The normalized spacial score (nSPS) is 11.7. The van der Waals surface area contributed by atoms with Crippen molar-refractivity contribution in [1.29, 1.82) is 0 Å². The Morgan fingerprint density at radius 2 is 0.389 bits per heavy atom. The molecule has 0 aromatic rings. The van der Waals surface area contributed by atoms with Gasteiger partial charge in [-0.1, -0.05) is 207 Å². The van der Waals surface area contributed by atoms with Crippen molar-refractivity contribution < 1.29 is 0 Å². The van der Waals surface area contributed by atoms with Crippen LogP contribution < -0.4 is 0 Å². The highest BCUT2D eigenvalue weighted by molar-refractivity contribution is 4.89. The molecule has 0 aromatic carbocycles. The van der Waals surface area contributed by atoms with Gasteiger partial charge in [-0.05, 0) is 25.2 Å². The summed E-state index contributed by atoms with van der Waals surface area (Å²) in [4.78, 5) is 0. The molecule has 0 amide bonds. The summed E-state index contributed by atoms with van der Waals surface area (Å²) in [6.45, 7) is 6.95. The van der Waals surface area contributed by atoms with E-state index in [1.54, 1.807) is 0 Å². The highest BCUT2D eigenvalue weighted by Crippen LogP contribution is 2.27. The van der Waals surface area contributed by atoms with Crippen molar-refractivity contribution in [3.8, 4) is 0 Å². The highest BCUT2D eigenvalue weighted by atomic mass is 14.1. The zero-order valence-corrected chi connectivity index (χ0v) is 26.1. The van der Waals surface area contributed by atoms with Gasteiger partial charge in [0.1, 0.15) is 0 Å². The van der Waals surface area contributed by atoms with E-state index in [0.717, 1.165) is 0 Å². The van der Waals surface area contributed by atoms with E-state index in [1.165, 1.54) is 205 Å². The average Bonchev–Trinajstić information content (AvgIpc) is 2.89. The Morgan fingerprint density at radius 3 is 0.583 bits per heavy atom. The van der Waals surface area contributed by atoms with Gasteiger partial charge < -0.3 is 0 Å². The molecule has 0 bridgehead atoms. The van der Waals surface area contributed by atoms with E-state index >= 15 is 0 Å². The second-order valence-corrected chi connectivity index (χ2v) is 12.2. The lowest BCUT2D eigenvalue weighted by Gasteiger charge is -2.16. The molecule has 0 aromatic heterocycles. The van der Waals surface area contributed by atoms with Gasteiger partial charge in [-0.15, -0.1) is 0 Å². The van der Waals surface area contributed by atoms with Gasteiger partial charge in [0, 0.05) is 0 Å². The van der Waals surface area contributed by atoms with Gasteiger partial charge in [-0.2, -0.15) is 0 Å². The Bertz CT molecular complexity index is 335. The van der Waals surface area contributed by atoms with Crippen LogP contribution in [0.25, 0.3) is 0 Å². The fourth-order valence-electron chi connectivity index (χ4n) is 5.79. The minimum atomic E-state index is 1.37. The van der Waals surface area contributed by atoms with Crippen LogP contribution in [-0.4, -0.2) is 0 Å². The van der Waals surface area contributed by atoms with Gasteiger partial charge in [-0.25, -0.2) is 0 Å². The molecule has 0 rings (SSSR count). The summed E-state index contributed by atoms with van der Waals surface area (Å²) in [5.41, 5.74) is 0. The van der Waals surface area contributed by atoms with Gasteiger partial charge >= 0.3 is 0 Å². The van der Waals surface area contributed by atoms with E-state index in [2.05, 4.69) is 20.8 Å². The van der Waals surface area contributed by atoms with Crippen molar-refractivity contribution in [2.75, 3.05) is 0 Å². The summed E-state index contributed by atoms with van der Waals surface area (Å²) < 4.78 is 0. The molecule has 0 aliphatic heterocycles. The smallest absolute Gasteiger partial charge is 0.0241 e. The molecule has 0 heteroatoms. The Balaban J connectivity index is 3.86. The van der Waals surface area contributed by atoms with Gasteiger partial charge in [-0.3, -0.25) is 0 Å². The van der Waals surface area contributed by atoms with E-state index in [4.69, 9.17) is 0 Å². The average molecular weight is 506 g/mol. The van der Waals surface area contributed by atoms with Crippen LogP contribution in [0, 0.1) is 5.92 Å². The van der Waals surface area contributed by atoms with Crippen molar-refractivity contribution in [1.82, 2.24) is 0 Å². The third-order valence-corrected chi connectivity index (χ3v) is 8.40. The molecule has 0 fully saturated rings. The third-order valence-electron chi connectivity index (χ3n) is 8.40. The second-order valence-electron chi connectivity index (χ2n) is 12.2. The SMILES string of the molecule is CCCCCCCCCCCC[C](CCCCCCCCCCC)CCCCCCCCCCCC. The van der Waals surface area contributed by atoms with Crippen LogP contribution in [0.3, 0.4) is 0 Å². The van der Waals surface area contributed by atoms with Crippen LogP contribution in [-0.2, 0) is 0 Å². The van der Waals surface area contributed by atoms with Crippen LogP contribution >= 0.6 is 0 Å². The molecule has 0 unspecified atom stereocenters. The summed E-state index contributed by atoms with van der Waals surface area (Å²) in [5.74, 6) is 1.94. The molecule has 0 saturated heterocycles. The van der Waals surface area contributed by atoms with Gasteiger partial charge in [0.05, 0.1) is 0 Å². The van der Waals surface area contributed by atoms with E-state index in [0.29, 0.717) is 0 Å². The summed E-state index contributed by atoms with van der Waals surface area (Å²) in [6, 6.07) is 0. The predicted octanol–water partition coefficient (Wildman–Crippen LogP) is 14.1. The van der Waals surface area contributed by atoms with E-state index < -0.39 is 0 Å². The quantitative estimate of drug-likeness (QED) is 0.0797. The minimum Gasteiger partial charge on any atom is -0.0654 e. The second kappa shape index (κ2) is 33.0. The van der Waals surface area contributed by atoms with Crippen LogP contribution in [0.5, 0.6) is 0 Å². The largest absolute Gasteiger partial charge is 0.0654 e. The standard InChI is InChI=1S/C36H73/c1-4-7-10-13-16-19-22-25-28-31-34-36(33-30-27-24-21-18-15-12-9-6-3)35-32-29-26-23-20-17-14-11-8-5-2/h4-35H2,1-3H3. The first-order valence-electron chi connectivity index (χ1n) is 17.7. The molecule has 0 spiro atoms. The zero-order valence-electron chi connectivity index (χ0n) is 26.1. The minimum absolute atomic E-state index is 1.37. The van der Waals surface area contributed by atoms with Crippen molar-refractivity contribution in [2.45, 2.75) is 226 Å². The first-order chi connectivity index (χ1) is 17.8. The summed E-state index contributed by atoms with van der Waals surface area (Å²) in [7, 11) is 0. The molecule has 36 heavy (non-hydrogen) atoms. The fourth-order valence-corrected chi connectivity index (χ4v) is 5.79. The Hall–Kier alpha value is 0. The summed E-state index contributed by atoms with van der Waals surface area (Å²) >= 11 is 0. The van der Waals surface area contributed by atoms with Gasteiger partial charge in [0.2, 0.25) is 0 Å². The van der Waals surface area contributed by atoms with Crippen LogP contribution in [0.1, 0.15) is 226 Å². The highest BCUT2D eigenvalue weighted by Gasteiger charge is 2.09. The Morgan fingerprint density at radius 1 is 0.222 bits per heavy atom. The first kappa shape index (κ1) is 36.0. The monoisotopic (exact) mass is 506 g/mol. The number of rotatable bonds is 32. The van der Waals surface area contributed by atoms with Crippen molar-refractivity contribution in [2.24, 2.45) is 0 Å². The third kappa shape index (κ3) is 30.2. The lowest BCUT2D eigenvalue weighted by Crippen LogP contribution is -1.99. The van der Waals surface area contributed by atoms with E-state index in [1.807, 2.05) is 5.92 Å². The Labute approximate surface area is 232 Å². The molecule has 217 valence electrons. The summed E-state index contributed by atoms with van der Waals surface area (Å²) in [6.07, 6.45) is 46.8. The molecule has 0 heterocycles. The Kier molecular flexibility index (Phi) is 33.0. The molecule has 0 aliphatic rings. The maximum absolute atomic E-state index is 2.32.